The maximum Gasteiger partial charge on any atom is 0.251 e. The second-order valence-corrected chi connectivity index (χ2v) is 7.06. The van der Waals surface area contributed by atoms with Crippen LogP contribution in [0.4, 0.5) is 0 Å². The molecule has 0 saturated heterocycles. The van der Waals surface area contributed by atoms with Crippen LogP contribution in [0.15, 0.2) is 104 Å². The van der Waals surface area contributed by atoms with Gasteiger partial charge in [0.05, 0.1) is 12.4 Å². The van der Waals surface area contributed by atoms with E-state index in [9.17, 15) is 4.79 Å². The van der Waals surface area contributed by atoms with Gasteiger partial charge in [-0.1, -0.05) is 72.8 Å². The highest BCUT2D eigenvalue weighted by Gasteiger charge is 2.15. The molecule has 1 atom stereocenters. The third kappa shape index (κ3) is 4.99. The van der Waals surface area contributed by atoms with Crippen molar-refractivity contribution < 1.29 is 4.79 Å². The Morgan fingerprint density at radius 2 is 1.52 bits per heavy atom. The van der Waals surface area contributed by atoms with Crippen molar-refractivity contribution in [1.82, 2.24) is 14.9 Å². The Morgan fingerprint density at radius 1 is 0.862 bits per heavy atom. The third-order valence-electron chi connectivity index (χ3n) is 4.90. The lowest BCUT2D eigenvalue weighted by Crippen LogP contribution is -2.39. The van der Waals surface area contributed by atoms with Gasteiger partial charge >= 0.3 is 0 Å². The van der Waals surface area contributed by atoms with E-state index < -0.39 is 0 Å². The summed E-state index contributed by atoms with van der Waals surface area (Å²) in [6.45, 7) is 0.669. The van der Waals surface area contributed by atoms with Gasteiger partial charge in [-0.05, 0) is 35.2 Å². The lowest BCUT2D eigenvalue weighted by molar-refractivity contribution is 0.0933. The molecule has 0 aliphatic rings. The molecule has 1 aromatic heterocycles. The molecule has 4 aromatic rings. The zero-order valence-electron chi connectivity index (χ0n) is 16.1. The van der Waals surface area contributed by atoms with E-state index in [4.69, 9.17) is 0 Å². The van der Waals surface area contributed by atoms with Crippen molar-refractivity contribution in [3.63, 3.8) is 0 Å². The predicted octanol–water partition coefficient (Wildman–Crippen LogP) is 4.59. The number of benzene rings is 3. The normalized spacial score (nSPS) is 11.7. The molecule has 0 unspecified atom stereocenters. The second-order valence-electron chi connectivity index (χ2n) is 7.06. The molecular weight excluding hydrogens is 358 g/mol. The highest BCUT2D eigenvalue weighted by molar-refractivity contribution is 5.94. The fraction of sp³-hybridized carbons (Fsp3) is 0.120. The Bertz CT molecular complexity index is 1030. The van der Waals surface area contributed by atoms with Crippen LogP contribution in [0.5, 0.6) is 0 Å². The number of hydrogen-bond acceptors (Lipinski definition) is 2. The van der Waals surface area contributed by atoms with Crippen molar-refractivity contribution >= 4 is 5.91 Å². The molecule has 1 amide bonds. The van der Waals surface area contributed by atoms with Crippen LogP contribution in [0.2, 0.25) is 0 Å². The van der Waals surface area contributed by atoms with E-state index in [2.05, 4.69) is 34.6 Å². The standard InChI is InChI=1S/C25H23N3O/c29-25(23-13-11-22(12-14-23)21-9-5-2-6-10-21)27-24(18-28-16-15-26-19-28)17-20-7-3-1-4-8-20/h1-16,19,24H,17-18H2,(H,27,29)/t24-/m0/s1. The number of nitrogens with one attached hydrogen (secondary N) is 1. The Balaban J connectivity index is 1.48. The first-order valence-electron chi connectivity index (χ1n) is 9.74. The number of rotatable bonds is 7. The Labute approximate surface area is 170 Å². The van der Waals surface area contributed by atoms with Gasteiger partial charge in [-0.2, -0.15) is 0 Å². The molecule has 0 spiro atoms. The number of aromatic nitrogens is 2. The van der Waals surface area contributed by atoms with E-state index in [1.807, 2.05) is 71.4 Å². The van der Waals surface area contributed by atoms with E-state index >= 15 is 0 Å². The van der Waals surface area contributed by atoms with Crippen LogP contribution in [0.25, 0.3) is 11.1 Å². The molecule has 0 aliphatic carbocycles. The minimum absolute atomic E-state index is 0.0344. The summed E-state index contributed by atoms with van der Waals surface area (Å²) in [5.74, 6) is -0.0642. The Hall–Kier alpha value is -3.66. The molecular formula is C25H23N3O. The summed E-state index contributed by atoms with van der Waals surface area (Å²) in [5, 5.41) is 3.19. The molecule has 0 bridgehead atoms. The first kappa shape index (κ1) is 18.7. The molecule has 144 valence electrons. The van der Waals surface area contributed by atoms with E-state index in [0.717, 1.165) is 17.5 Å². The minimum Gasteiger partial charge on any atom is -0.347 e. The monoisotopic (exact) mass is 381 g/mol. The number of carbonyl (C=O) groups excluding carboxylic acids is 1. The van der Waals surface area contributed by atoms with Gasteiger partial charge in [-0.15, -0.1) is 0 Å². The van der Waals surface area contributed by atoms with E-state index in [1.54, 1.807) is 12.5 Å². The number of imidazole rings is 1. The summed E-state index contributed by atoms with van der Waals surface area (Å²) in [4.78, 5) is 17.0. The predicted molar refractivity (Wildman–Crippen MR) is 116 cm³/mol. The minimum atomic E-state index is -0.0642. The van der Waals surface area contributed by atoms with E-state index in [0.29, 0.717) is 12.1 Å². The molecule has 0 fully saturated rings. The maximum atomic E-state index is 12.9. The summed E-state index contributed by atoms with van der Waals surface area (Å²) < 4.78 is 1.99. The van der Waals surface area contributed by atoms with Crippen LogP contribution in [0.1, 0.15) is 15.9 Å². The highest BCUT2D eigenvalue weighted by Crippen LogP contribution is 2.19. The topological polar surface area (TPSA) is 46.9 Å². The average molecular weight is 381 g/mol. The van der Waals surface area contributed by atoms with E-state index in [-0.39, 0.29) is 11.9 Å². The van der Waals surface area contributed by atoms with Crippen LogP contribution in [0, 0.1) is 0 Å². The highest BCUT2D eigenvalue weighted by atomic mass is 16.1. The largest absolute Gasteiger partial charge is 0.347 e. The summed E-state index contributed by atoms with van der Waals surface area (Å²) in [6, 6.07) is 28.1. The molecule has 0 radical (unpaired) electrons. The number of carbonyl (C=O) groups is 1. The first-order valence-corrected chi connectivity index (χ1v) is 9.74. The third-order valence-corrected chi connectivity index (χ3v) is 4.90. The number of nitrogens with zero attached hydrogens (tertiary/aromatic N) is 2. The summed E-state index contributed by atoms with van der Waals surface area (Å²) in [5.41, 5.74) is 4.09. The fourth-order valence-corrected chi connectivity index (χ4v) is 3.42. The van der Waals surface area contributed by atoms with Crippen molar-refractivity contribution in [1.29, 1.82) is 0 Å². The lowest BCUT2D eigenvalue weighted by Gasteiger charge is -2.20. The van der Waals surface area contributed by atoms with Gasteiger partial charge in [-0.3, -0.25) is 4.79 Å². The molecule has 4 rings (SSSR count). The van der Waals surface area contributed by atoms with Crippen molar-refractivity contribution in [3.8, 4) is 11.1 Å². The van der Waals surface area contributed by atoms with Gasteiger partial charge in [0, 0.05) is 24.5 Å². The second kappa shape index (κ2) is 9.02. The molecule has 1 heterocycles. The molecule has 3 aromatic carbocycles. The van der Waals surface area contributed by atoms with Crippen molar-refractivity contribution in [2.45, 2.75) is 19.0 Å². The van der Waals surface area contributed by atoms with Crippen molar-refractivity contribution in [2.75, 3.05) is 0 Å². The van der Waals surface area contributed by atoms with Gasteiger partial charge in [0.15, 0.2) is 0 Å². The molecule has 4 heteroatoms. The molecule has 0 aliphatic heterocycles. The maximum absolute atomic E-state index is 12.9. The quantitative estimate of drug-likeness (QED) is 0.509. The average Bonchev–Trinajstić information content (AvgIpc) is 3.28. The van der Waals surface area contributed by atoms with Crippen LogP contribution < -0.4 is 5.32 Å². The smallest absolute Gasteiger partial charge is 0.251 e. The van der Waals surface area contributed by atoms with E-state index in [1.165, 1.54) is 5.56 Å². The van der Waals surface area contributed by atoms with Crippen LogP contribution >= 0.6 is 0 Å². The van der Waals surface area contributed by atoms with Crippen molar-refractivity contribution in [3.05, 3.63) is 115 Å². The number of amides is 1. The molecule has 0 saturated carbocycles. The fourth-order valence-electron chi connectivity index (χ4n) is 3.42. The van der Waals surface area contributed by atoms with Crippen LogP contribution in [-0.4, -0.2) is 21.5 Å². The summed E-state index contributed by atoms with van der Waals surface area (Å²) in [7, 11) is 0. The van der Waals surface area contributed by atoms with Gasteiger partial charge < -0.3 is 9.88 Å². The summed E-state index contributed by atoms with van der Waals surface area (Å²) >= 11 is 0. The van der Waals surface area contributed by atoms with Gasteiger partial charge in [0.2, 0.25) is 0 Å². The van der Waals surface area contributed by atoms with Gasteiger partial charge in [0.1, 0.15) is 0 Å². The lowest BCUT2D eigenvalue weighted by atomic mass is 10.0. The number of hydrogen-bond donors (Lipinski definition) is 1. The zero-order chi connectivity index (χ0) is 19.9. The SMILES string of the molecule is O=C(N[C@@H](Cc1ccccc1)Cn1ccnc1)c1ccc(-c2ccccc2)cc1. The molecule has 4 nitrogen and oxygen atoms in total. The van der Waals surface area contributed by atoms with Crippen LogP contribution in [0.3, 0.4) is 0 Å². The first-order chi connectivity index (χ1) is 14.3. The van der Waals surface area contributed by atoms with Crippen molar-refractivity contribution in [2.24, 2.45) is 0 Å². The summed E-state index contributed by atoms with van der Waals surface area (Å²) in [6.07, 6.45) is 6.20. The Kier molecular flexibility index (Phi) is 5.81. The molecule has 29 heavy (non-hydrogen) atoms. The Morgan fingerprint density at radius 3 is 2.17 bits per heavy atom. The molecule has 1 N–H and O–H groups in total. The van der Waals surface area contributed by atoms with Gasteiger partial charge in [0.25, 0.3) is 5.91 Å². The van der Waals surface area contributed by atoms with Crippen LogP contribution in [-0.2, 0) is 13.0 Å². The zero-order valence-corrected chi connectivity index (χ0v) is 16.1. The van der Waals surface area contributed by atoms with Gasteiger partial charge in [-0.25, -0.2) is 4.98 Å².